The van der Waals surface area contributed by atoms with E-state index in [1.807, 2.05) is 17.0 Å². The van der Waals surface area contributed by atoms with Crippen LogP contribution >= 0.6 is 23.1 Å². The molecule has 8 aromatic rings. The number of thiazole rings is 1. The summed E-state index contributed by atoms with van der Waals surface area (Å²) in [5, 5.41) is 9.94. The summed E-state index contributed by atoms with van der Waals surface area (Å²) in [4.78, 5) is 4.48. The highest BCUT2D eigenvalue weighted by Crippen LogP contribution is 2.39. The number of aromatic nitrogens is 2. The minimum atomic E-state index is 0.901. The van der Waals surface area contributed by atoms with Crippen LogP contribution in [-0.4, -0.2) is 9.55 Å². The molecule has 2 N–H and O–H groups in total. The Hall–Kier alpha value is -5.10. The van der Waals surface area contributed by atoms with E-state index in [2.05, 4.69) is 137 Å². The highest BCUT2D eigenvalue weighted by molar-refractivity contribution is 8.01. The van der Waals surface area contributed by atoms with Crippen molar-refractivity contribution in [2.45, 2.75) is 5.75 Å². The van der Waals surface area contributed by atoms with Crippen molar-refractivity contribution in [1.29, 1.82) is 0 Å². The number of rotatable bonds is 7. The van der Waals surface area contributed by atoms with E-state index in [9.17, 15) is 0 Å². The molecule has 0 aliphatic rings. The average molecular weight is 616 g/mol. The lowest BCUT2D eigenvalue weighted by Gasteiger charge is -2.13. The maximum Gasteiger partial charge on any atom is 0.123 e. The summed E-state index contributed by atoms with van der Waals surface area (Å²) < 4.78 is 2.45. The third-order valence-corrected chi connectivity index (χ3v) is 10.1. The van der Waals surface area contributed by atoms with Gasteiger partial charge in [-0.25, -0.2) is 4.98 Å². The number of hydrogen-bond acceptors (Lipinski definition) is 4. The molecule has 6 aromatic carbocycles. The number of benzene rings is 6. The summed E-state index contributed by atoms with van der Waals surface area (Å²) in [6, 6.07) is 46.6. The first-order valence-corrected chi connectivity index (χ1v) is 16.8. The van der Waals surface area contributed by atoms with Crippen molar-refractivity contribution >= 4 is 55.7 Å². The predicted molar refractivity (Wildman–Crippen MR) is 195 cm³/mol. The maximum atomic E-state index is 5.51. The number of nitrogens with two attached hydrogens (primary N) is 1. The Morgan fingerprint density at radius 1 is 0.644 bits per heavy atom. The van der Waals surface area contributed by atoms with Gasteiger partial charge in [0.1, 0.15) is 5.01 Å². The van der Waals surface area contributed by atoms with Gasteiger partial charge in [-0.15, -0.1) is 23.1 Å². The van der Waals surface area contributed by atoms with Gasteiger partial charge in [-0.3, -0.25) is 0 Å². The van der Waals surface area contributed by atoms with E-state index in [1.165, 1.54) is 66.1 Å². The minimum Gasteiger partial charge on any atom is -0.404 e. The first kappa shape index (κ1) is 27.4. The van der Waals surface area contributed by atoms with E-state index in [0.717, 1.165) is 16.3 Å². The standard InChI is InChI=1S/C40H29N3S2/c41-20-22-44-26-27-8-10-28(11-9-27)32-16-18-35-36-19-17-33(29-12-14-31(15-13-29)40-42-21-23-45-40)25-39(36)43(38(35)24-32)37-7-3-5-30-4-1-2-6-34(30)37/h1-25H,26,41H2/b22-20-. The topological polar surface area (TPSA) is 43.8 Å². The van der Waals surface area contributed by atoms with E-state index >= 15 is 0 Å². The van der Waals surface area contributed by atoms with Gasteiger partial charge >= 0.3 is 0 Å². The lowest BCUT2D eigenvalue weighted by molar-refractivity contribution is 1.20. The third kappa shape index (κ3) is 5.10. The van der Waals surface area contributed by atoms with Gasteiger partial charge in [-0.1, -0.05) is 109 Å². The Kier molecular flexibility index (Phi) is 7.18. The molecule has 0 bridgehead atoms. The first-order valence-electron chi connectivity index (χ1n) is 14.9. The second-order valence-corrected chi connectivity index (χ2v) is 12.8. The van der Waals surface area contributed by atoms with Crippen LogP contribution in [0, 0.1) is 0 Å². The van der Waals surface area contributed by atoms with Gasteiger partial charge in [0.05, 0.1) is 16.7 Å². The largest absolute Gasteiger partial charge is 0.404 e. The van der Waals surface area contributed by atoms with E-state index in [1.54, 1.807) is 29.3 Å². The molecule has 2 aromatic heterocycles. The zero-order valence-electron chi connectivity index (χ0n) is 24.4. The fraction of sp³-hybridized carbons (Fsp3) is 0.0250. The van der Waals surface area contributed by atoms with Crippen molar-refractivity contribution in [3.63, 3.8) is 0 Å². The molecule has 3 nitrogen and oxygen atoms in total. The molecule has 0 fully saturated rings. The van der Waals surface area contributed by atoms with Crippen molar-refractivity contribution in [2.75, 3.05) is 0 Å². The van der Waals surface area contributed by atoms with E-state index in [-0.39, 0.29) is 0 Å². The normalized spacial score (nSPS) is 11.7. The summed E-state index contributed by atoms with van der Waals surface area (Å²) in [5.74, 6) is 0.901. The molecule has 0 unspecified atom stereocenters. The van der Waals surface area contributed by atoms with Gasteiger partial charge in [-0.05, 0) is 56.8 Å². The van der Waals surface area contributed by atoms with Crippen molar-refractivity contribution in [1.82, 2.24) is 9.55 Å². The smallest absolute Gasteiger partial charge is 0.123 e. The van der Waals surface area contributed by atoms with Crippen LogP contribution in [0.1, 0.15) is 5.56 Å². The fourth-order valence-corrected chi connectivity index (χ4v) is 7.44. The van der Waals surface area contributed by atoms with E-state index < -0.39 is 0 Å². The molecule has 2 heterocycles. The van der Waals surface area contributed by atoms with Gasteiger partial charge in [0.15, 0.2) is 0 Å². The fourth-order valence-electron chi connectivity index (χ4n) is 6.21. The summed E-state index contributed by atoms with van der Waals surface area (Å²) in [5.41, 5.74) is 16.3. The Morgan fingerprint density at radius 2 is 1.27 bits per heavy atom. The minimum absolute atomic E-state index is 0.901. The molecule has 0 atom stereocenters. The molecule has 8 rings (SSSR count). The van der Waals surface area contributed by atoms with Crippen LogP contribution in [-0.2, 0) is 5.75 Å². The molecule has 0 amide bonds. The van der Waals surface area contributed by atoms with Crippen molar-refractivity contribution in [2.24, 2.45) is 5.73 Å². The van der Waals surface area contributed by atoms with Crippen LogP contribution in [0.3, 0.4) is 0 Å². The molecule has 0 aliphatic heterocycles. The average Bonchev–Trinajstić information content (AvgIpc) is 3.75. The van der Waals surface area contributed by atoms with Crippen molar-refractivity contribution in [3.05, 3.63) is 156 Å². The zero-order chi connectivity index (χ0) is 30.2. The van der Waals surface area contributed by atoms with Crippen molar-refractivity contribution < 1.29 is 0 Å². The zero-order valence-corrected chi connectivity index (χ0v) is 26.1. The van der Waals surface area contributed by atoms with E-state index in [4.69, 9.17) is 5.73 Å². The molecule has 0 saturated carbocycles. The first-order chi connectivity index (χ1) is 22.3. The number of fused-ring (bicyclic) bond motifs is 4. The van der Waals surface area contributed by atoms with Crippen LogP contribution in [0.15, 0.2) is 151 Å². The monoisotopic (exact) mass is 615 g/mol. The summed E-state index contributed by atoms with van der Waals surface area (Å²) >= 11 is 3.37. The molecular weight excluding hydrogens is 587 g/mol. The Morgan fingerprint density at radius 3 is 1.93 bits per heavy atom. The molecule has 0 radical (unpaired) electrons. The quantitative estimate of drug-likeness (QED) is 0.194. The lowest BCUT2D eigenvalue weighted by Crippen LogP contribution is -1.96. The second kappa shape index (κ2) is 11.8. The summed E-state index contributed by atoms with van der Waals surface area (Å²) in [6.07, 6.45) is 3.45. The molecule has 216 valence electrons. The Bertz CT molecular complexity index is 2310. The van der Waals surface area contributed by atoms with E-state index in [0.29, 0.717) is 0 Å². The maximum absolute atomic E-state index is 5.51. The molecule has 0 saturated heterocycles. The van der Waals surface area contributed by atoms with Crippen LogP contribution < -0.4 is 5.73 Å². The molecule has 45 heavy (non-hydrogen) atoms. The molecule has 5 heteroatoms. The highest BCUT2D eigenvalue weighted by atomic mass is 32.2. The Balaban J connectivity index is 1.30. The van der Waals surface area contributed by atoms with Gasteiger partial charge < -0.3 is 10.3 Å². The predicted octanol–water partition coefficient (Wildman–Crippen LogP) is 11.1. The summed E-state index contributed by atoms with van der Waals surface area (Å²) in [7, 11) is 0. The van der Waals surface area contributed by atoms with Crippen LogP contribution in [0.25, 0.3) is 71.1 Å². The van der Waals surface area contributed by atoms with Crippen LogP contribution in [0.4, 0.5) is 0 Å². The second-order valence-electron chi connectivity index (χ2n) is 11.0. The highest BCUT2D eigenvalue weighted by Gasteiger charge is 2.16. The summed E-state index contributed by atoms with van der Waals surface area (Å²) in [6.45, 7) is 0. The molecule has 0 aliphatic carbocycles. The van der Waals surface area contributed by atoms with Crippen LogP contribution in [0.2, 0.25) is 0 Å². The molecular formula is C40H29N3S2. The van der Waals surface area contributed by atoms with Crippen LogP contribution in [0.5, 0.6) is 0 Å². The number of hydrogen-bond donors (Lipinski definition) is 1. The molecule has 0 spiro atoms. The van der Waals surface area contributed by atoms with Gasteiger partial charge in [0.2, 0.25) is 0 Å². The number of nitrogens with zero attached hydrogens (tertiary/aromatic N) is 2. The van der Waals surface area contributed by atoms with Gasteiger partial charge in [0, 0.05) is 45.3 Å². The Labute approximate surface area is 270 Å². The number of thioether (sulfide) groups is 1. The van der Waals surface area contributed by atoms with Gasteiger partial charge in [-0.2, -0.15) is 0 Å². The third-order valence-electron chi connectivity index (χ3n) is 8.38. The lowest BCUT2D eigenvalue weighted by atomic mass is 10.0. The SMILES string of the molecule is N/C=C\SCc1ccc(-c2ccc3c4ccc(-c5ccc(-c6nccs6)cc5)cc4n(-c4cccc5ccccc45)c3c2)cc1. The van der Waals surface area contributed by atoms with Gasteiger partial charge in [0.25, 0.3) is 0 Å². The van der Waals surface area contributed by atoms with Crippen molar-refractivity contribution in [3.8, 4) is 38.5 Å².